The maximum atomic E-state index is 13.6. The number of nitrogens with zero attached hydrogens (tertiary/aromatic N) is 1. The zero-order chi connectivity index (χ0) is 11.6. The number of carboxylic acid groups (broad SMARTS) is 1. The summed E-state index contributed by atoms with van der Waals surface area (Å²) in [5, 5.41) is 10.3. The highest BCUT2D eigenvalue weighted by Gasteiger charge is 2.15. The van der Waals surface area contributed by atoms with Gasteiger partial charge in [-0.05, 0) is 28.1 Å². The Labute approximate surface area is 94.8 Å². The Hall–Kier alpha value is -1.14. The average Bonchev–Trinajstić information content (AvgIpc) is 2.12. The Balaban J connectivity index is 3.15. The van der Waals surface area contributed by atoms with Crippen LogP contribution in [0.15, 0.2) is 16.6 Å². The van der Waals surface area contributed by atoms with Crippen molar-refractivity contribution in [3.63, 3.8) is 0 Å². The van der Waals surface area contributed by atoms with Crippen LogP contribution in [0.2, 0.25) is 0 Å². The number of halogens is 2. The third-order valence-electron chi connectivity index (χ3n) is 1.66. The molecule has 0 saturated carbocycles. The van der Waals surface area contributed by atoms with Crippen molar-refractivity contribution >= 4 is 27.6 Å². The lowest BCUT2D eigenvalue weighted by atomic mass is 10.2. The Bertz CT molecular complexity index is 396. The summed E-state index contributed by atoms with van der Waals surface area (Å²) in [5.74, 6) is -1.79. The molecule has 1 aromatic carbocycles. The lowest BCUT2D eigenvalue weighted by Crippen LogP contribution is -2.20. The number of anilines is 1. The first kappa shape index (κ1) is 11.9. The minimum Gasteiger partial charge on any atom is -0.478 e. The molecule has 0 atom stereocenters. The standard InChI is InChI=1S/C9H10BrFN2O2/c1-13(2)12-6-4-3-5(9(14)15)7(10)8(6)11/h3-4,12H,1-2H3,(H,14,15). The summed E-state index contributed by atoms with van der Waals surface area (Å²) in [6.07, 6.45) is 0. The third-order valence-corrected chi connectivity index (χ3v) is 2.43. The van der Waals surface area contributed by atoms with Gasteiger partial charge in [0.05, 0.1) is 15.7 Å². The molecule has 0 aliphatic rings. The van der Waals surface area contributed by atoms with Gasteiger partial charge < -0.3 is 10.5 Å². The molecule has 0 aromatic heterocycles. The van der Waals surface area contributed by atoms with Crippen molar-refractivity contribution in [2.24, 2.45) is 0 Å². The van der Waals surface area contributed by atoms with Crippen LogP contribution in [0.3, 0.4) is 0 Å². The fourth-order valence-electron chi connectivity index (χ4n) is 1.04. The number of benzene rings is 1. The van der Waals surface area contributed by atoms with Crippen LogP contribution in [0.1, 0.15) is 10.4 Å². The van der Waals surface area contributed by atoms with Crippen molar-refractivity contribution in [3.05, 3.63) is 28.0 Å². The second-order valence-electron chi connectivity index (χ2n) is 3.10. The third kappa shape index (κ3) is 2.66. The SMILES string of the molecule is CN(C)Nc1ccc(C(=O)O)c(Br)c1F. The van der Waals surface area contributed by atoms with E-state index in [0.29, 0.717) is 0 Å². The van der Waals surface area contributed by atoms with E-state index in [9.17, 15) is 9.18 Å². The monoisotopic (exact) mass is 276 g/mol. The maximum absolute atomic E-state index is 13.6. The fraction of sp³-hybridized carbons (Fsp3) is 0.222. The topological polar surface area (TPSA) is 52.6 Å². The molecule has 6 heteroatoms. The van der Waals surface area contributed by atoms with Gasteiger partial charge in [0, 0.05) is 14.1 Å². The van der Waals surface area contributed by atoms with Crippen molar-refractivity contribution in [2.45, 2.75) is 0 Å². The van der Waals surface area contributed by atoms with Gasteiger partial charge >= 0.3 is 5.97 Å². The number of nitrogens with one attached hydrogen (secondary N) is 1. The van der Waals surface area contributed by atoms with Crippen LogP contribution >= 0.6 is 15.9 Å². The maximum Gasteiger partial charge on any atom is 0.336 e. The van der Waals surface area contributed by atoms with E-state index < -0.39 is 11.8 Å². The van der Waals surface area contributed by atoms with Gasteiger partial charge in [-0.25, -0.2) is 14.2 Å². The zero-order valence-corrected chi connectivity index (χ0v) is 9.80. The Morgan fingerprint density at radius 3 is 2.60 bits per heavy atom. The lowest BCUT2D eigenvalue weighted by molar-refractivity contribution is 0.0695. The number of carbonyl (C=O) groups is 1. The lowest BCUT2D eigenvalue weighted by Gasteiger charge is -2.15. The predicted octanol–water partition coefficient (Wildman–Crippen LogP) is 2.17. The van der Waals surface area contributed by atoms with Crippen molar-refractivity contribution in [3.8, 4) is 0 Å². The van der Waals surface area contributed by atoms with E-state index in [-0.39, 0.29) is 15.7 Å². The van der Waals surface area contributed by atoms with Gasteiger partial charge in [0.25, 0.3) is 0 Å². The number of hydrogen-bond donors (Lipinski definition) is 2. The minimum atomic E-state index is -1.17. The second-order valence-corrected chi connectivity index (χ2v) is 3.89. The van der Waals surface area contributed by atoms with Gasteiger partial charge in [-0.1, -0.05) is 0 Å². The quantitative estimate of drug-likeness (QED) is 0.831. The number of aromatic carboxylic acids is 1. The van der Waals surface area contributed by atoms with Gasteiger partial charge in [0.1, 0.15) is 0 Å². The van der Waals surface area contributed by atoms with Crippen molar-refractivity contribution in [1.82, 2.24) is 5.01 Å². The Morgan fingerprint density at radius 1 is 1.53 bits per heavy atom. The Kier molecular flexibility index (Phi) is 3.65. The molecular formula is C9H10BrFN2O2. The van der Waals surface area contributed by atoms with Gasteiger partial charge in [0.15, 0.2) is 5.82 Å². The molecule has 0 radical (unpaired) electrons. The molecule has 0 amide bonds. The number of carboxylic acids is 1. The summed E-state index contributed by atoms with van der Waals surface area (Å²) >= 11 is 2.91. The van der Waals surface area contributed by atoms with Crippen LogP contribution in [0.25, 0.3) is 0 Å². The molecule has 0 spiro atoms. The van der Waals surface area contributed by atoms with Crippen molar-refractivity contribution in [2.75, 3.05) is 19.5 Å². The van der Waals surface area contributed by atoms with Gasteiger partial charge in [0.2, 0.25) is 0 Å². The van der Waals surface area contributed by atoms with Gasteiger partial charge in [-0.3, -0.25) is 0 Å². The molecule has 0 saturated heterocycles. The molecule has 0 fully saturated rings. The summed E-state index contributed by atoms with van der Waals surface area (Å²) < 4.78 is 13.5. The van der Waals surface area contributed by atoms with E-state index in [1.54, 1.807) is 19.1 Å². The molecule has 2 N–H and O–H groups in total. The first-order valence-corrected chi connectivity index (χ1v) is 4.88. The number of hydrazine groups is 1. The first-order valence-electron chi connectivity index (χ1n) is 4.08. The zero-order valence-electron chi connectivity index (χ0n) is 8.21. The summed E-state index contributed by atoms with van der Waals surface area (Å²) in [6.45, 7) is 0. The first-order chi connectivity index (χ1) is 6.93. The highest BCUT2D eigenvalue weighted by Crippen LogP contribution is 2.27. The normalized spacial score (nSPS) is 10.5. The van der Waals surface area contributed by atoms with E-state index >= 15 is 0 Å². The molecular weight excluding hydrogens is 267 g/mol. The number of rotatable bonds is 3. The minimum absolute atomic E-state index is 0.0538. The van der Waals surface area contributed by atoms with E-state index in [4.69, 9.17) is 5.11 Å². The van der Waals surface area contributed by atoms with Crippen molar-refractivity contribution in [1.29, 1.82) is 0 Å². The summed E-state index contributed by atoms with van der Waals surface area (Å²) in [4.78, 5) is 10.7. The summed E-state index contributed by atoms with van der Waals surface area (Å²) in [5.41, 5.74) is 2.83. The number of hydrogen-bond acceptors (Lipinski definition) is 3. The Morgan fingerprint density at radius 2 is 2.13 bits per heavy atom. The van der Waals surface area contributed by atoms with E-state index in [2.05, 4.69) is 21.4 Å². The summed E-state index contributed by atoms with van der Waals surface area (Å²) in [6, 6.07) is 2.71. The molecule has 0 heterocycles. The molecule has 1 aromatic rings. The molecule has 0 aliphatic heterocycles. The van der Waals surface area contributed by atoms with E-state index in [1.807, 2.05) is 0 Å². The van der Waals surface area contributed by atoms with Crippen LogP contribution < -0.4 is 5.43 Å². The molecule has 0 bridgehead atoms. The average molecular weight is 277 g/mol. The molecule has 1 rings (SSSR count). The molecule has 0 aliphatic carbocycles. The molecule has 15 heavy (non-hydrogen) atoms. The largest absolute Gasteiger partial charge is 0.478 e. The molecule has 4 nitrogen and oxygen atoms in total. The fourth-order valence-corrected chi connectivity index (χ4v) is 1.56. The van der Waals surface area contributed by atoms with E-state index in [0.717, 1.165) is 0 Å². The van der Waals surface area contributed by atoms with Gasteiger partial charge in [-0.15, -0.1) is 0 Å². The van der Waals surface area contributed by atoms with Crippen molar-refractivity contribution < 1.29 is 14.3 Å². The highest BCUT2D eigenvalue weighted by atomic mass is 79.9. The summed E-state index contributed by atoms with van der Waals surface area (Å²) in [7, 11) is 3.41. The van der Waals surface area contributed by atoms with Crippen LogP contribution in [-0.2, 0) is 0 Å². The smallest absolute Gasteiger partial charge is 0.336 e. The second kappa shape index (κ2) is 4.59. The van der Waals surface area contributed by atoms with E-state index in [1.165, 1.54) is 12.1 Å². The predicted molar refractivity (Wildman–Crippen MR) is 58.4 cm³/mol. The van der Waals surface area contributed by atoms with Crippen LogP contribution in [0.4, 0.5) is 10.1 Å². The van der Waals surface area contributed by atoms with Gasteiger partial charge in [-0.2, -0.15) is 0 Å². The van der Waals surface area contributed by atoms with Crippen LogP contribution in [0.5, 0.6) is 0 Å². The highest BCUT2D eigenvalue weighted by molar-refractivity contribution is 9.10. The van der Waals surface area contributed by atoms with Crippen LogP contribution in [-0.4, -0.2) is 30.2 Å². The molecule has 82 valence electrons. The van der Waals surface area contributed by atoms with Crippen LogP contribution in [0, 0.1) is 5.82 Å². The molecule has 0 unspecified atom stereocenters.